The van der Waals surface area contributed by atoms with Gasteiger partial charge in [-0.3, -0.25) is 4.79 Å². The number of para-hydroxylation sites is 2. The van der Waals surface area contributed by atoms with E-state index in [0.717, 1.165) is 48.5 Å². The zero-order valence-corrected chi connectivity index (χ0v) is 14.9. The molecule has 128 valence electrons. The van der Waals surface area contributed by atoms with Crippen LogP contribution in [0.5, 0.6) is 0 Å². The molecular weight excluding hydrogens is 302 g/mol. The zero-order chi connectivity index (χ0) is 17.3. The first kappa shape index (κ1) is 16.7. The highest BCUT2D eigenvalue weighted by Gasteiger charge is 2.40. The molecule has 3 rings (SSSR count). The Labute approximate surface area is 143 Å². The molecule has 1 saturated heterocycles. The number of aryl methyl sites for hydroxylation is 1. The number of carbonyl (C=O) groups is 1. The Kier molecular flexibility index (Phi) is 4.43. The van der Waals surface area contributed by atoms with Crippen molar-refractivity contribution in [1.82, 2.24) is 9.97 Å². The van der Waals surface area contributed by atoms with Gasteiger partial charge < -0.3 is 9.64 Å². The van der Waals surface area contributed by atoms with Gasteiger partial charge in [0.1, 0.15) is 0 Å². The normalized spacial score (nSPS) is 18.7. The van der Waals surface area contributed by atoms with Crippen molar-refractivity contribution in [2.75, 3.05) is 25.1 Å². The van der Waals surface area contributed by atoms with Gasteiger partial charge in [-0.15, -0.1) is 0 Å². The summed E-state index contributed by atoms with van der Waals surface area (Å²) in [7, 11) is 1.46. The third-order valence-electron chi connectivity index (χ3n) is 5.17. The SMILES string of the molecule is COC(=O)C(C)(C)C1CCCN(c2nc3ccccc3nc2C)C1. The number of hydrogen-bond donors (Lipinski definition) is 0. The van der Waals surface area contributed by atoms with Crippen molar-refractivity contribution in [2.45, 2.75) is 33.6 Å². The minimum Gasteiger partial charge on any atom is -0.469 e. The third-order valence-corrected chi connectivity index (χ3v) is 5.17. The Morgan fingerprint density at radius 3 is 2.58 bits per heavy atom. The van der Waals surface area contributed by atoms with E-state index in [1.54, 1.807) is 0 Å². The van der Waals surface area contributed by atoms with E-state index < -0.39 is 5.41 Å². The fourth-order valence-corrected chi connectivity index (χ4v) is 3.57. The average molecular weight is 327 g/mol. The molecule has 24 heavy (non-hydrogen) atoms. The van der Waals surface area contributed by atoms with Crippen LogP contribution in [0.1, 0.15) is 32.4 Å². The number of ether oxygens (including phenoxy) is 1. The Balaban J connectivity index is 1.90. The van der Waals surface area contributed by atoms with Crippen molar-refractivity contribution in [3.63, 3.8) is 0 Å². The lowest BCUT2D eigenvalue weighted by atomic mass is 9.74. The van der Waals surface area contributed by atoms with Gasteiger partial charge in [-0.1, -0.05) is 12.1 Å². The van der Waals surface area contributed by atoms with Crippen LogP contribution >= 0.6 is 0 Å². The molecule has 0 saturated carbocycles. The van der Waals surface area contributed by atoms with Crippen LogP contribution in [-0.4, -0.2) is 36.1 Å². The number of carbonyl (C=O) groups excluding carboxylic acids is 1. The molecule has 5 nitrogen and oxygen atoms in total. The van der Waals surface area contributed by atoms with Gasteiger partial charge in [-0.05, 0) is 51.7 Å². The predicted molar refractivity (Wildman–Crippen MR) is 95.0 cm³/mol. The predicted octanol–water partition coefficient (Wildman–Crippen LogP) is 3.35. The van der Waals surface area contributed by atoms with E-state index in [1.165, 1.54) is 7.11 Å². The highest BCUT2D eigenvalue weighted by Crippen LogP contribution is 2.36. The molecule has 1 atom stereocenters. The summed E-state index contributed by atoms with van der Waals surface area (Å²) in [4.78, 5) is 23.9. The number of fused-ring (bicyclic) bond motifs is 1. The van der Waals surface area contributed by atoms with Gasteiger partial charge in [0.05, 0.1) is 29.3 Å². The molecule has 1 aliphatic heterocycles. The maximum atomic E-state index is 12.1. The number of piperidine rings is 1. The van der Waals surface area contributed by atoms with Crippen molar-refractivity contribution in [3.8, 4) is 0 Å². The van der Waals surface area contributed by atoms with Crippen LogP contribution in [0.3, 0.4) is 0 Å². The summed E-state index contributed by atoms with van der Waals surface area (Å²) in [5.74, 6) is 1.03. The maximum absolute atomic E-state index is 12.1. The highest BCUT2D eigenvalue weighted by atomic mass is 16.5. The quantitative estimate of drug-likeness (QED) is 0.809. The van der Waals surface area contributed by atoms with Crippen molar-refractivity contribution >= 4 is 22.8 Å². The third kappa shape index (κ3) is 2.95. The van der Waals surface area contributed by atoms with E-state index in [-0.39, 0.29) is 11.9 Å². The summed E-state index contributed by atoms with van der Waals surface area (Å²) >= 11 is 0. The second-order valence-electron chi connectivity index (χ2n) is 7.12. The summed E-state index contributed by atoms with van der Waals surface area (Å²) in [6, 6.07) is 7.94. The largest absolute Gasteiger partial charge is 0.469 e. The number of nitrogens with zero attached hydrogens (tertiary/aromatic N) is 3. The number of benzene rings is 1. The molecule has 1 aliphatic rings. The molecule has 0 bridgehead atoms. The molecule has 2 aromatic rings. The summed E-state index contributed by atoms with van der Waals surface area (Å²) < 4.78 is 5.01. The minimum atomic E-state index is -0.494. The summed E-state index contributed by atoms with van der Waals surface area (Å²) in [5.41, 5.74) is 2.27. The lowest BCUT2D eigenvalue weighted by Gasteiger charge is -2.40. The Morgan fingerprint density at radius 1 is 1.25 bits per heavy atom. The molecule has 0 amide bonds. The van der Waals surface area contributed by atoms with Gasteiger partial charge >= 0.3 is 5.97 Å². The molecule has 0 aliphatic carbocycles. The second-order valence-corrected chi connectivity index (χ2v) is 7.12. The smallest absolute Gasteiger partial charge is 0.311 e. The van der Waals surface area contributed by atoms with Gasteiger partial charge in [-0.2, -0.15) is 0 Å². The van der Waals surface area contributed by atoms with E-state index in [0.29, 0.717) is 0 Å². The standard InChI is InChI=1S/C19H25N3O2/c1-13-17(21-16-10-6-5-9-15(16)20-13)22-11-7-8-14(12-22)19(2,3)18(23)24-4/h5-6,9-10,14H,7-8,11-12H2,1-4H3. The summed E-state index contributed by atoms with van der Waals surface area (Å²) in [6.07, 6.45) is 2.07. The van der Waals surface area contributed by atoms with Gasteiger partial charge in [0.15, 0.2) is 5.82 Å². The number of aromatic nitrogens is 2. The van der Waals surface area contributed by atoms with Crippen molar-refractivity contribution in [1.29, 1.82) is 0 Å². The van der Waals surface area contributed by atoms with Crippen molar-refractivity contribution in [2.24, 2.45) is 11.3 Å². The van der Waals surface area contributed by atoms with Crippen LogP contribution in [0.25, 0.3) is 11.0 Å². The lowest BCUT2D eigenvalue weighted by Crippen LogP contribution is -2.45. The van der Waals surface area contributed by atoms with E-state index in [1.807, 2.05) is 45.0 Å². The van der Waals surface area contributed by atoms with Crippen molar-refractivity contribution in [3.05, 3.63) is 30.0 Å². The number of methoxy groups -OCH3 is 1. The average Bonchev–Trinajstić information content (AvgIpc) is 2.60. The molecule has 1 fully saturated rings. The van der Waals surface area contributed by atoms with Crippen LogP contribution in [0.2, 0.25) is 0 Å². The molecule has 5 heteroatoms. The number of anilines is 1. The molecule has 2 heterocycles. The Morgan fingerprint density at radius 2 is 1.92 bits per heavy atom. The summed E-state index contributed by atoms with van der Waals surface area (Å²) in [6.45, 7) is 7.71. The van der Waals surface area contributed by atoms with E-state index in [4.69, 9.17) is 14.7 Å². The Hall–Kier alpha value is -2.17. The summed E-state index contributed by atoms with van der Waals surface area (Å²) in [5, 5.41) is 0. The monoisotopic (exact) mass is 327 g/mol. The van der Waals surface area contributed by atoms with E-state index >= 15 is 0 Å². The van der Waals surface area contributed by atoms with Gasteiger partial charge in [-0.25, -0.2) is 9.97 Å². The van der Waals surface area contributed by atoms with Crippen LogP contribution in [-0.2, 0) is 9.53 Å². The second kappa shape index (κ2) is 6.38. The lowest BCUT2D eigenvalue weighted by molar-refractivity contribution is -0.154. The molecule has 1 aromatic heterocycles. The maximum Gasteiger partial charge on any atom is 0.311 e. The molecular formula is C19H25N3O2. The minimum absolute atomic E-state index is 0.143. The fourth-order valence-electron chi connectivity index (χ4n) is 3.57. The van der Waals surface area contributed by atoms with Crippen molar-refractivity contribution < 1.29 is 9.53 Å². The molecule has 0 N–H and O–H groups in total. The van der Waals surface area contributed by atoms with E-state index in [9.17, 15) is 4.79 Å². The topological polar surface area (TPSA) is 55.3 Å². The highest BCUT2D eigenvalue weighted by molar-refractivity contribution is 5.77. The molecule has 1 unspecified atom stereocenters. The van der Waals surface area contributed by atoms with Crippen LogP contribution in [0.15, 0.2) is 24.3 Å². The number of hydrogen-bond acceptors (Lipinski definition) is 5. The van der Waals surface area contributed by atoms with Gasteiger partial charge in [0.2, 0.25) is 0 Å². The van der Waals surface area contributed by atoms with Gasteiger partial charge in [0.25, 0.3) is 0 Å². The zero-order valence-electron chi connectivity index (χ0n) is 14.9. The van der Waals surface area contributed by atoms with Crippen LogP contribution < -0.4 is 4.90 Å². The van der Waals surface area contributed by atoms with Gasteiger partial charge in [0, 0.05) is 13.1 Å². The molecule has 0 spiro atoms. The van der Waals surface area contributed by atoms with E-state index in [2.05, 4.69) is 4.90 Å². The Bertz CT molecular complexity index is 757. The van der Waals surface area contributed by atoms with Crippen LogP contribution in [0, 0.1) is 18.3 Å². The number of esters is 1. The molecule has 1 aromatic carbocycles. The molecule has 0 radical (unpaired) electrons. The number of rotatable bonds is 3. The van der Waals surface area contributed by atoms with Crippen LogP contribution in [0.4, 0.5) is 5.82 Å². The first-order valence-electron chi connectivity index (χ1n) is 8.50. The first-order valence-corrected chi connectivity index (χ1v) is 8.50. The fraction of sp³-hybridized carbons (Fsp3) is 0.526. The first-order chi connectivity index (χ1) is 11.4.